The fourth-order valence-electron chi connectivity index (χ4n) is 2.61. The van der Waals surface area contributed by atoms with Crippen LogP contribution in [0, 0.1) is 6.92 Å². The standard InChI is InChI=1S/C22H26O4/c1-3-4-5-6-11-16-25-21(23)18-13-8-9-14-19(18)22(24)26-20-15-10-7-12-17(20)2/h7-10,12-15H,3-6,11,16H2,1-2H3. The number of carbonyl (C=O) groups excluding carboxylic acids is 2. The van der Waals surface area contributed by atoms with E-state index in [1.165, 1.54) is 12.8 Å². The Kier molecular flexibility index (Phi) is 7.87. The summed E-state index contributed by atoms with van der Waals surface area (Å²) in [7, 11) is 0. The predicted octanol–water partition coefficient (Wildman–Crippen LogP) is 5.34. The highest BCUT2D eigenvalue weighted by atomic mass is 16.5. The number of benzene rings is 2. The van der Waals surface area contributed by atoms with Crippen molar-refractivity contribution >= 4 is 11.9 Å². The summed E-state index contributed by atoms with van der Waals surface area (Å²) in [5, 5.41) is 0. The van der Waals surface area contributed by atoms with Crippen LogP contribution in [-0.4, -0.2) is 18.5 Å². The molecular weight excluding hydrogens is 328 g/mol. The zero-order valence-corrected chi connectivity index (χ0v) is 15.5. The van der Waals surface area contributed by atoms with Crippen molar-refractivity contribution in [3.63, 3.8) is 0 Å². The van der Waals surface area contributed by atoms with E-state index in [9.17, 15) is 9.59 Å². The van der Waals surface area contributed by atoms with Gasteiger partial charge in [0.2, 0.25) is 0 Å². The first-order chi connectivity index (χ1) is 12.6. The van der Waals surface area contributed by atoms with Crippen molar-refractivity contribution in [3.8, 4) is 5.75 Å². The molecule has 2 rings (SSSR count). The highest BCUT2D eigenvalue weighted by Gasteiger charge is 2.19. The molecule has 4 heteroatoms. The van der Waals surface area contributed by atoms with Gasteiger partial charge < -0.3 is 9.47 Å². The molecule has 0 aliphatic carbocycles. The Morgan fingerprint density at radius 3 is 2.12 bits per heavy atom. The number of carbonyl (C=O) groups is 2. The highest BCUT2D eigenvalue weighted by Crippen LogP contribution is 2.19. The van der Waals surface area contributed by atoms with E-state index >= 15 is 0 Å². The van der Waals surface area contributed by atoms with Gasteiger partial charge in [-0.05, 0) is 37.1 Å². The van der Waals surface area contributed by atoms with Crippen molar-refractivity contribution in [1.82, 2.24) is 0 Å². The summed E-state index contributed by atoms with van der Waals surface area (Å²) in [6.45, 7) is 4.39. The van der Waals surface area contributed by atoms with E-state index in [-0.39, 0.29) is 11.1 Å². The van der Waals surface area contributed by atoms with Crippen LogP contribution in [0.1, 0.15) is 65.3 Å². The largest absolute Gasteiger partial charge is 0.462 e. The van der Waals surface area contributed by atoms with E-state index in [1.54, 1.807) is 36.4 Å². The lowest BCUT2D eigenvalue weighted by Gasteiger charge is -2.10. The zero-order chi connectivity index (χ0) is 18.8. The third kappa shape index (κ3) is 5.73. The lowest BCUT2D eigenvalue weighted by Crippen LogP contribution is -2.16. The third-order valence-electron chi connectivity index (χ3n) is 4.14. The van der Waals surface area contributed by atoms with Gasteiger partial charge in [-0.3, -0.25) is 0 Å². The summed E-state index contributed by atoms with van der Waals surface area (Å²) in [5.41, 5.74) is 1.30. The van der Waals surface area contributed by atoms with Gasteiger partial charge in [0.1, 0.15) is 5.75 Å². The predicted molar refractivity (Wildman–Crippen MR) is 102 cm³/mol. The van der Waals surface area contributed by atoms with Gasteiger partial charge in [-0.15, -0.1) is 0 Å². The summed E-state index contributed by atoms with van der Waals surface area (Å²) in [6, 6.07) is 13.9. The minimum absolute atomic E-state index is 0.215. The van der Waals surface area contributed by atoms with E-state index in [0.717, 1.165) is 24.8 Å². The maximum atomic E-state index is 12.5. The van der Waals surface area contributed by atoms with Gasteiger partial charge in [0.15, 0.2) is 0 Å². The van der Waals surface area contributed by atoms with Crippen molar-refractivity contribution < 1.29 is 19.1 Å². The molecule has 0 saturated heterocycles. The van der Waals surface area contributed by atoms with Crippen molar-refractivity contribution in [2.24, 2.45) is 0 Å². The SMILES string of the molecule is CCCCCCCOC(=O)c1ccccc1C(=O)Oc1ccccc1C. The number of rotatable bonds is 9. The third-order valence-corrected chi connectivity index (χ3v) is 4.14. The van der Waals surface area contributed by atoms with Crippen LogP contribution in [-0.2, 0) is 4.74 Å². The molecule has 0 N–H and O–H groups in total. The number of unbranched alkanes of at least 4 members (excludes halogenated alkanes) is 4. The van der Waals surface area contributed by atoms with Crippen molar-refractivity contribution in [1.29, 1.82) is 0 Å². The molecule has 0 aliphatic heterocycles. The number of hydrogen-bond acceptors (Lipinski definition) is 4. The van der Waals surface area contributed by atoms with Crippen molar-refractivity contribution in [3.05, 3.63) is 65.2 Å². The Hall–Kier alpha value is -2.62. The molecule has 0 saturated carbocycles. The van der Waals surface area contributed by atoms with Crippen LogP contribution < -0.4 is 4.74 Å². The smallest absolute Gasteiger partial charge is 0.344 e. The molecule has 0 heterocycles. The molecule has 0 fully saturated rings. The first-order valence-electron chi connectivity index (χ1n) is 9.17. The molecule has 0 aliphatic rings. The monoisotopic (exact) mass is 354 g/mol. The van der Waals surface area contributed by atoms with Gasteiger partial charge in [0.05, 0.1) is 17.7 Å². The van der Waals surface area contributed by atoms with Crippen molar-refractivity contribution in [2.75, 3.05) is 6.61 Å². The lowest BCUT2D eigenvalue weighted by molar-refractivity contribution is 0.0489. The molecule has 0 atom stereocenters. The number of aryl methyl sites for hydroxylation is 1. The van der Waals surface area contributed by atoms with E-state index in [4.69, 9.17) is 9.47 Å². The number of ether oxygens (including phenoxy) is 2. The summed E-state index contributed by atoms with van der Waals surface area (Å²) in [5.74, 6) is -0.566. The topological polar surface area (TPSA) is 52.6 Å². The van der Waals surface area contributed by atoms with E-state index in [2.05, 4.69) is 6.92 Å². The van der Waals surface area contributed by atoms with E-state index in [1.807, 2.05) is 19.1 Å². The second-order valence-corrected chi connectivity index (χ2v) is 6.25. The van der Waals surface area contributed by atoms with Gasteiger partial charge >= 0.3 is 11.9 Å². The molecule has 0 bridgehead atoms. The van der Waals surface area contributed by atoms with Crippen LogP contribution in [0.4, 0.5) is 0 Å². The maximum Gasteiger partial charge on any atom is 0.344 e. The van der Waals surface area contributed by atoms with Crippen LogP contribution in [0.3, 0.4) is 0 Å². The Morgan fingerprint density at radius 1 is 0.808 bits per heavy atom. The van der Waals surface area contributed by atoms with Gasteiger partial charge in [0, 0.05) is 0 Å². The van der Waals surface area contributed by atoms with Crippen LogP contribution in [0.2, 0.25) is 0 Å². The van der Waals surface area contributed by atoms with Gasteiger partial charge in [-0.1, -0.05) is 62.9 Å². The molecule has 26 heavy (non-hydrogen) atoms. The summed E-state index contributed by atoms with van der Waals surface area (Å²) >= 11 is 0. The summed E-state index contributed by atoms with van der Waals surface area (Å²) in [6.07, 6.45) is 5.39. The molecule has 0 radical (unpaired) electrons. The van der Waals surface area contributed by atoms with E-state index in [0.29, 0.717) is 12.4 Å². The lowest BCUT2D eigenvalue weighted by atomic mass is 10.1. The summed E-state index contributed by atoms with van der Waals surface area (Å²) < 4.78 is 10.8. The second-order valence-electron chi connectivity index (χ2n) is 6.25. The summed E-state index contributed by atoms with van der Waals surface area (Å²) in [4.78, 5) is 24.9. The second kappa shape index (κ2) is 10.4. The number of esters is 2. The number of para-hydroxylation sites is 1. The average Bonchev–Trinajstić information content (AvgIpc) is 2.66. The van der Waals surface area contributed by atoms with Crippen LogP contribution in [0.15, 0.2) is 48.5 Å². The first kappa shape index (κ1) is 19.7. The molecule has 0 amide bonds. The first-order valence-corrected chi connectivity index (χ1v) is 9.17. The van der Waals surface area contributed by atoms with Gasteiger partial charge in [0.25, 0.3) is 0 Å². The Balaban J connectivity index is 1.99. The fourth-order valence-corrected chi connectivity index (χ4v) is 2.61. The van der Waals surface area contributed by atoms with Gasteiger partial charge in [-0.25, -0.2) is 9.59 Å². The molecule has 138 valence electrons. The van der Waals surface area contributed by atoms with Gasteiger partial charge in [-0.2, -0.15) is 0 Å². The molecule has 0 aromatic heterocycles. The van der Waals surface area contributed by atoms with Crippen LogP contribution >= 0.6 is 0 Å². The fraction of sp³-hybridized carbons (Fsp3) is 0.364. The minimum atomic E-state index is -0.560. The van der Waals surface area contributed by atoms with Crippen LogP contribution in [0.25, 0.3) is 0 Å². The van der Waals surface area contributed by atoms with E-state index < -0.39 is 11.9 Å². The maximum absolute atomic E-state index is 12.5. The Labute approximate surface area is 155 Å². The molecule has 4 nitrogen and oxygen atoms in total. The normalized spacial score (nSPS) is 10.4. The quantitative estimate of drug-likeness (QED) is 0.346. The van der Waals surface area contributed by atoms with Crippen molar-refractivity contribution in [2.45, 2.75) is 46.0 Å². The molecule has 2 aromatic carbocycles. The zero-order valence-electron chi connectivity index (χ0n) is 15.5. The molecule has 0 spiro atoms. The number of hydrogen-bond donors (Lipinski definition) is 0. The Bertz CT molecular complexity index is 736. The van der Waals surface area contributed by atoms with Crippen LogP contribution in [0.5, 0.6) is 5.75 Å². The molecule has 2 aromatic rings. The Morgan fingerprint density at radius 2 is 1.42 bits per heavy atom. The minimum Gasteiger partial charge on any atom is -0.462 e. The highest BCUT2D eigenvalue weighted by molar-refractivity contribution is 6.03. The average molecular weight is 354 g/mol. The molecular formula is C22H26O4. The molecule has 0 unspecified atom stereocenters.